The minimum atomic E-state index is 0.632. The number of hydrogen-bond acceptors (Lipinski definition) is 1. The lowest BCUT2D eigenvalue weighted by Crippen LogP contribution is -2.02. The number of rotatable bonds is 4. The van der Waals surface area contributed by atoms with Gasteiger partial charge in [0.25, 0.3) is 0 Å². The van der Waals surface area contributed by atoms with Crippen LogP contribution in [0.5, 0.6) is 0 Å². The predicted octanol–water partition coefficient (Wildman–Crippen LogP) is 3.55. The van der Waals surface area contributed by atoms with E-state index in [1.807, 2.05) is 0 Å². The van der Waals surface area contributed by atoms with Gasteiger partial charge in [-0.2, -0.15) is 0 Å². The first-order valence-corrected chi connectivity index (χ1v) is 6.65. The minimum absolute atomic E-state index is 0.632. The van der Waals surface area contributed by atoms with E-state index in [4.69, 9.17) is 16.6 Å². The molecule has 0 saturated heterocycles. The fourth-order valence-corrected chi connectivity index (χ4v) is 2.33. The number of nitrogens with zero attached hydrogens (tertiary/aromatic N) is 2. The monoisotopic (exact) mass is 250 g/mol. The summed E-state index contributed by atoms with van der Waals surface area (Å²) in [6.45, 7) is 4.44. The maximum Gasteiger partial charge on any atom is 0.109 e. The fourth-order valence-electron chi connectivity index (χ4n) is 2.11. The molecule has 2 aromatic rings. The highest BCUT2D eigenvalue weighted by atomic mass is 35.5. The fraction of sp³-hybridized carbons (Fsp3) is 0.500. The third kappa shape index (κ3) is 2.63. The molecule has 2 rings (SSSR count). The molecule has 0 N–H and O–H groups in total. The predicted molar refractivity (Wildman–Crippen MR) is 73.7 cm³/mol. The van der Waals surface area contributed by atoms with Crippen LogP contribution in [0.1, 0.15) is 25.2 Å². The van der Waals surface area contributed by atoms with Crippen LogP contribution >= 0.6 is 11.6 Å². The van der Waals surface area contributed by atoms with E-state index in [0.717, 1.165) is 24.2 Å². The summed E-state index contributed by atoms with van der Waals surface area (Å²) < 4.78 is 2.19. The highest BCUT2D eigenvalue weighted by Crippen LogP contribution is 2.19. The van der Waals surface area contributed by atoms with Crippen molar-refractivity contribution in [1.29, 1.82) is 0 Å². The van der Waals surface area contributed by atoms with Gasteiger partial charge in [-0.25, -0.2) is 4.98 Å². The van der Waals surface area contributed by atoms with E-state index in [9.17, 15) is 0 Å². The van der Waals surface area contributed by atoms with Crippen molar-refractivity contribution in [2.45, 2.75) is 26.7 Å². The van der Waals surface area contributed by atoms with Gasteiger partial charge in [0.15, 0.2) is 0 Å². The van der Waals surface area contributed by atoms with Crippen molar-refractivity contribution in [3.63, 3.8) is 0 Å². The summed E-state index contributed by atoms with van der Waals surface area (Å²) in [7, 11) is 2.09. The molecule has 0 fully saturated rings. The van der Waals surface area contributed by atoms with Gasteiger partial charge in [0.2, 0.25) is 0 Å². The Hall–Kier alpha value is -1.02. The number of alkyl halides is 1. The lowest BCUT2D eigenvalue weighted by Gasteiger charge is -2.04. The van der Waals surface area contributed by atoms with Crippen LogP contribution < -0.4 is 0 Å². The zero-order valence-electron chi connectivity index (χ0n) is 10.7. The first kappa shape index (κ1) is 12.4. The van der Waals surface area contributed by atoms with Gasteiger partial charge in [-0.1, -0.05) is 19.9 Å². The van der Waals surface area contributed by atoms with E-state index < -0.39 is 0 Å². The molecule has 0 aliphatic heterocycles. The lowest BCUT2D eigenvalue weighted by atomic mass is 10.1. The number of aromatic nitrogens is 2. The quantitative estimate of drug-likeness (QED) is 0.759. The largest absolute Gasteiger partial charge is 0.331 e. The zero-order chi connectivity index (χ0) is 12.4. The van der Waals surface area contributed by atoms with Gasteiger partial charge in [-0.15, -0.1) is 11.6 Å². The molecule has 0 radical (unpaired) electrons. The molecular formula is C14H19ClN2. The smallest absolute Gasteiger partial charge is 0.109 e. The van der Waals surface area contributed by atoms with E-state index in [2.05, 4.69) is 43.7 Å². The molecule has 3 heteroatoms. The second kappa shape index (κ2) is 5.09. The molecule has 0 spiro atoms. The van der Waals surface area contributed by atoms with E-state index in [1.165, 1.54) is 11.1 Å². The van der Waals surface area contributed by atoms with Crippen LogP contribution in [0.3, 0.4) is 0 Å². The van der Waals surface area contributed by atoms with Crippen LogP contribution in [-0.2, 0) is 19.9 Å². The Morgan fingerprint density at radius 1 is 1.35 bits per heavy atom. The molecule has 0 unspecified atom stereocenters. The van der Waals surface area contributed by atoms with Gasteiger partial charge in [0, 0.05) is 19.3 Å². The molecule has 0 atom stereocenters. The summed E-state index contributed by atoms with van der Waals surface area (Å²) in [5, 5.41) is 0. The van der Waals surface area contributed by atoms with Crippen LogP contribution in [0.4, 0.5) is 0 Å². The summed E-state index contributed by atoms with van der Waals surface area (Å²) in [4.78, 5) is 4.72. The molecule has 1 heterocycles. The molecular weight excluding hydrogens is 232 g/mol. The lowest BCUT2D eigenvalue weighted by molar-refractivity contribution is 0.606. The average molecular weight is 251 g/mol. The summed E-state index contributed by atoms with van der Waals surface area (Å²) in [6.07, 6.45) is 1.93. The third-order valence-corrected chi connectivity index (χ3v) is 3.20. The van der Waals surface area contributed by atoms with Crippen molar-refractivity contribution in [3.8, 4) is 0 Å². The first-order chi connectivity index (χ1) is 8.11. The SMILES string of the molecule is CC(C)Cc1nc2cc(CCCl)ccc2n1C. The standard InChI is InChI=1S/C14H19ClN2/c1-10(2)8-14-16-12-9-11(6-7-15)4-5-13(12)17(14)3/h4-5,9-10H,6-8H2,1-3H3. The Kier molecular flexibility index (Phi) is 3.72. The Bertz CT molecular complexity index is 514. The minimum Gasteiger partial charge on any atom is -0.331 e. The highest BCUT2D eigenvalue weighted by molar-refractivity contribution is 6.18. The van der Waals surface area contributed by atoms with Crippen LogP contribution in [0.2, 0.25) is 0 Å². The van der Waals surface area contributed by atoms with Crippen molar-refractivity contribution < 1.29 is 0 Å². The van der Waals surface area contributed by atoms with Gasteiger partial charge >= 0.3 is 0 Å². The maximum absolute atomic E-state index is 5.77. The number of aryl methyl sites for hydroxylation is 2. The van der Waals surface area contributed by atoms with Gasteiger partial charge < -0.3 is 4.57 Å². The number of imidazole rings is 1. The van der Waals surface area contributed by atoms with Crippen LogP contribution in [0.15, 0.2) is 18.2 Å². The number of benzene rings is 1. The maximum atomic E-state index is 5.77. The molecule has 92 valence electrons. The van der Waals surface area contributed by atoms with Crippen molar-refractivity contribution >= 4 is 22.6 Å². The number of halogens is 1. The average Bonchev–Trinajstić information content (AvgIpc) is 2.55. The normalized spacial score (nSPS) is 11.6. The summed E-state index contributed by atoms with van der Waals surface area (Å²) in [5.41, 5.74) is 3.56. The molecule has 1 aromatic heterocycles. The molecule has 1 aromatic carbocycles. The van der Waals surface area contributed by atoms with Gasteiger partial charge in [0.05, 0.1) is 11.0 Å². The molecule has 2 nitrogen and oxygen atoms in total. The summed E-state index contributed by atoms with van der Waals surface area (Å²) in [6, 6.07) is 6.45. The van der Waals surface area contributed by atoms with Gasteiger partial charge in [-0.05, 0) is 30.0 Å². The molecule has 0 aliphatic carbocycles. The summed E-state index contributed by atoms with van der Waals surface area (Å²) in [5.74, 6) is 2.46. The van der Waals surface area contributed by atoms with Crippen LogP contribution in [-0.4, -0.2) is 15.4 Å². The van der Waals surface area contributed by atoms with E-state index in [-0.39, 0.29) is 0 Å². The number of fused-ring (bicyclic) bond motifs is 1. The van der Waals surface area contributed by atoms with Crippen molar-refractivity contribution in [3.05, 3.63) is 29.6 Å². The molecule has 0 bridgehead atoms. The van der Waals surface area contributed by atoms with E-state index in [1.54, 1.807) is 0 Å². The van der Waals surface area contributed by atoms with Crippen molar-refractivity contribution in [1.82, 2.24) is 9.55 Å². The van der Waals surface area contributed by atoms with Gasteiger partial charge in [-0.3, -0.25) is 0 Å². The second-order valence-corrected chi connectivity index (χ2v) is 5.33. The molecule has 0 aliphatic rings. The molecule has 0 saturated carbocycles. The second-order valence-electron chi connectivity index (χ2n) is 4.95. The van der Waals surface area contributed by atoms with Crippen molar-refractivity contribution in [2.24, 2.45) is 13.0 Å². The topological polar surface area (TPSA) is 17.8 Å². The third-order valence-electron chi connectivity index (χ3n) is 3.01. The first-order valence-electron chi connectivity index (χ1n) is 6.12. The highest BCUT2D eigenvalue weighted by Gasteiger charge is 2.09. The van der Waals surface area contributed by atoms with E-state index >= 15 is 0 Å². The Balaban J connectivity index is 2.42. The zero-order valence-corrected chi connectivity index (χ0v) is 11.5. The van der Waals surface area contributed by atoms with Gasteiger partial charge in [0.1, 0.15) is 5.82 Å². The Morgan fingerprint density at radius 3 is 2.76 bits per heavy atom. The molecule has 0 amide bonds. The summed E-state index contributed by atoms with van der Waals surface area (Å²) >= 11 is 5.77. The van der Waals surface area contributed by atoms with Crippen molar-refractivity contribution in [2.75, 3.05) is 5.88 Å². The van der Waals surface area contributed by atoms with Crippen LogP contribution in [0.25, 0.3) is 11.0 Å². The number of hydrogen-bond donors (Lipinski definition) is 0. The molecule has 17 heavy (non-hydrogen) atoms. The Morgan fingerprint density at radius 2 is 2.12 bits per heavy atom. The Labute approximate surface area is 108 Å². The van der Waals surface area contributed by atoms with E-state index in [0.29, 0.717) is 11.8 Å². The van der Waals surface area contributed by atoms with Crippen LogP contribution in [0, 0.1) is 5.92 Å².